The largest absolute Gasteiger partial charge is 0.394 e. The van der Waals surface area contributed by atoms with Crippen molar-refractivity contribution < 1.29 is 54.8 Å². The molecule has 21 N–H and O–H groups in total. The van der Waals surface area contributed by atoms with E-state index in [9.17, 15) is 40.5 Å². The van der Waals surface area contributed by atoms with Crippen molar-refractivity contribution in [1.82, 2.24) is 10.6 Å². The quantitative estimate of drug-likeness (QED) is 0.0593. The van der Waals surface area contributed by atoms with E-state index in [4.69, 9.17) is 48.6 Å². The molecule has 0 aromatic carbocycles. The highest BCUT2D eigenvalue weighted by Gasteiger charge is 2.61. The minimum absolute atomic E-state index is 0.0342. The number of hydrogen-bond donors (Lipinski definition) is 15. The Morgan fingerprint density at radius 2 is 1.73 bits per heavy atom. The molecule has 2 saturated heterocycles. The first-order valence-electron chi connectivity index (χ1n) is 16.4. The maximum Gasteiger partial charge on any atom is 0.254 e. The third kappa shape index (κ3) is 8.71. The van der Waals surface area contributed by atoms with Gasteiger partial charge in [0.25, 0.3) is 5.91 Å². The Morgan fingerprint density at radius 1 is 1.02 bits per heavy atom. The van der Waals surface area contributed by atoms with Gasteiger partial charge >= 0.3 is 0 Å². The number of carbonyl (C=O) groups excluding carboxylic acids is 1. The van der Waals surface area contributed by atoms with Crippen LogP contribution in [0.25, 0.3) is 0 Å². The van der Waals surface area contributed by atoms with E-state index in [1.165, 1.54) is 0 Å². The third-order valence-electron chi connectivity index (χ3n) is 9.83. The topological polar surface area (TPSA) is 379 Å². The van der Waals surface area contributed by atoms with Gasteiger partial charge in [0.1, 0.15) is 24.4 Å². The average Bonchev–Trinajstić information content (AvgIpc) is 3.68. The monoisotopic (exact) mass is 693 g/mol. The number of nitrogens with one attached hydrogen (secondary N) is 2. The fraction of sp³-hybridized carbons (Fsp3) is 0.929. The lowest BCUT2D eigenvalue weighted by molar-refractivity contribution is -0.306. The highest BCUT2D eigenvalue weighted by atomic mass is 16.7. The molecular formula is C28H55N9O11. The van der Waals surface area contributed by atoms with Crippen molar-refractivity contribution in [1.29, 1.82) is 0 Å². The van der Waals surface area contributed by atoms with Crippen molar-refractivity contribution in [2.45, 2.75) is 129 Å². The van der Waals surface area contributed by atoms with Gasteiger partial charge in [0, 0.05) is 37.5 Å². The van der Waals surface area contributed by atoms with Gasteiger partial charge in [-0.05, 0) is 32.2 Å². The van der Waals surface area contributed by atoms with Crippen molar-refractivity contribution in [3.63, 3.8) is 0 Å². The molecule has 0 aromatic rings. The maximum atomic E-state index is 13.3. The van der Waals surface area contributed by atoms with Crippen LogP contribution in [-0.2, 0) is 19.0 Å². The molecule has 4 aliphatic rings. The van der Waals surface area contributed by atoms with Crippen molar-refractivity contribution in [2.24, 2.45) is 45.3 Å². The number of aliphatic hydroxyl groups excluding tert-OH is 6. The SMILES string of the molecule is NCCCC(O)CNC[C@H]1O[C@H](C2[C@@H](N)C[C@@H](NC(=O)C3(O)CC3N=C(N)N)[C@H](O[C@H]3O[C@H](CO)[C@@H](O)[C@H](N)[C@H]3O)[C@H]2O)[C@H](N)C[C@@H]1O. The van der Waals surface area contributed by atoms with E-state index >= 15 is 0 Å². The predicted octanol–water partition coefficient (Wildman–Crippen LogP) is -8.36. The number of aliphatic hydroxyl groups is 7. The number of nitrogens with zero attached hydrogens (tertiary/aromatic N) is 1. The average molecular weight is 694 g/mol. The van der Waals surface area contributed by atoms with Crippen LogP contribution in [0.5, 0.6) is 0 Å². The summed E-state index contributed by atoms with van der Waals surface area (Å²) < 4.78 is 17.9. The van der Waals surface area contributed by atoms with Gasteiger partial charge in [-0.15, -0.1) is 0 Å². The molecule has 4 rings (SSSR count). The van der Waals surface area contributed by atoms with Crippen molar-refractivity contribution >= 4 is 11.9 Å². The Kier molecular flexibility index (Phi) is 13.3. The maximum absolute atomic E-state index is 13.3. The molecule has 0 radical (unpaired) electrons. The second-order valence-electron chi connectivity index (χ2n) is 13.5. The summed E-state index contributed by atoms with van der Waals surface area (Å²) in [6.07, 6.45) is -10.9. The highest BCUT2D eigenvalue weighted by molar-refractivity contribution is 5.90. The summed E-state index contributed by atoms with van der Waals surface area (Å²) in [4.78, 5) is 17.1. The molecule has 20 heteroatoms. The minimum atomic E-state index is -1.93. The molecule has 48 heavy (non-hydrogen) atoms. The van der Waals surface area contributed by atoms with E-state index in [-0.39, 0.29) is 38.3 Å². The van der Waals surface area contributed by atoms with Gasteiger partial charge in [-0.3, -0.25) is 4.79 Å². The fourth-order valence-corrected chi connectivity index (χ4v) is 6.90. The summed E-state index contributed by atoms with van der Waals surface area (Å²) in [7, 11) is 0. The van der Waals surface area contributed by atoms with Gasteiger partial charge in [0.2, 0.25) is 0 Å². The molecule has 0 spiro atoms. The van der Waals surface area contributed by atoms with Crippen LogP contribution in [0.15, 0.2) is 4.99 Å². The summed E-state index contributed by atoms with van der Waals surface area (Å²) in [5, 5.41) is 80.2. The summed E-state index contributed by atoms with van der Waals surface area (Å²) in [6.45, 7) is 0.176. The van der Waals surface area contributed by atoms with Crippen LogP contribution in [0.3, 0.4) is 0 Å². The Labute approximate surface area is 278 Å². The normalized spacial score (nSPS) is 45.3. The molecule has 4 unspecified atom stereocenters. The summed E-state index contributed by atoms with van der Waals surface area (Å²) in [5.41, 5.74) is 33.4. The lowest BCUT2D eigenvalue weighted by atomic mass is 9.72. The molecule has 20 nitrogen and oxygen atoms in total. The van der Waals surface area contributed by atoms with Crippen molar-refractivity contribution in [2.75, 3.05) is 26.2 Å². The molecule has 4 fully saturated rings. The van der Waals surface area contributed by atoms with Crippen LogP contribution >= 0.6 is 0 Å². The number of nitrogens with two attached hydrogens (primary N) is 6. The molecule has 0 bridgehead atoms. The molecule has 2 heterocycles. The van der Waals surface area contributed by atoms with Gasteiger partial charge < -0.3 is 95.0 Å². The number of guanidine groups is 1. The van der Waals surface area contributed by atoms with Gasteiger partial charge in [-0.1, -0.05) is 0 Å². The van der Waals surface area contributed by atoms with Crippen molar-refractivity contribution in [3.05, 3.63) is 0 Å². The molecule has 2 aliphatic carbocycles. The van der Waals surface area contributed by atoms with Crippen molar-refractivity contribution in [3.8, 4) is 0 Å². The standard InChI is InChI=1S/C28H55N9O11/c29-3-1-2-10(39)7-35-8-15-14(40)5-12(31)23(46-15)18-11(30)4-13(36-26(44)28(45)6-17(28)37-27(33)34)24(21(18)42)48-25-22(43)19(32)20(41)16(9-38)47-25/h10-25,35,38-43,45H,1-9,29-32H2,(H,36,44)(H4,33,34,37)/t10?,11-,12+,13+,14-,15+,16+,17?,18?,19-,20+,21-,22+,23-,24-,25+,28?/m0/s1. The Bertz CT molecular complexity index is 1090. The number of ether oxygens (including phenoxy) is 3. The van der Waals surface area contributed by atoms with Crippen LogP contribution < -0.4 is 45.0 Å². The molecule has 0 aromatic heterocycles. The van der Waals surface area contributed by atoms with E-state index in [1.807, 2.05) is 0 Å². The number of carbonyl (C=O) groups is 1. The van der Waals surface area contributed by atoms with Crippen LogP contribution in [0.1, 0.15) is 32.1 Å². The van der Waals surface area contributed by atoms with Crippen LogP contribution in [0.4, 0.5) is 0 Å². The van der Waals surface area contributed by atoms with Gasteiger partial charge in [-0.2, -0.15) is 0 Å². The van der Waals surface area contributed by atoms with Crippen LogP contribution in [0.2, 0.25) is 0 Å². The lowest BCUT2D eigenvalue weighted by Crippen LogP contribution is -2.70. The smallest absolute Gasteiger partial charge is 0.254 e. The van der Waals surface area contributed by atoms with Crippen LogP contribution in [-0.4, -0.2) is 171 Å². The number of aliphatic imine (C=N–C) groups is 1. The van der Waals surface area contributed by atoms with E-state index in [1.54, 1.807) is 0 Å². The number of amides is 1. The van der Waals surface area contributed by atoms with Gasteiger partial charge in [0.05, 0.1) is 55.3 Å². The Balaban J connectivity index is 1.54. The first-order chi connectivity index (χ1) is 22.6. The third-order valence-corrected chi connectivity index (χ3v) is 9.83. The summed E-state index contributed by atoms with van der Waals surface area (Å²) in [5.74, 6) is -2.10. The number of hydrogen-bond acceptors (Lipinski definition) is 17. The first-order valence-corrected chi connectivity index (χ1v) is 16.4. The zero-order chi connectivity index (χ0) is 35.5. The first kappa shape index (κ1) is 38.9. The number of rotatable bonds is 14. The molecule has 1 amide bonds. The Morgan fingerprint density at radius 3 is 2.38 bits per heavy atom. The lowest BCUT2D eigenvalue weighted by Gasteiger charge is -2.51. The highest BCUT2D eigenvalue weighted by Crippen LogP contribution is 2.41. The van der Waals surface area contributed by atoms with E-state index in [0.717, 1.165) is 0 Å². The summed E-state index contributed by atoms with van der Waals surface area (Å²) >= 11 is 0. The zero-order valence-corrected chi connectivity index (χ0v) is 26.8. The van der Waals surface area contributed by atoms with E-state index in [2.05, 4.69) is 15.6 Å². The van der Waals surface area contributed by atoms with Gasteiger partial charge in [0.15, 0.2) is 17.9 Å². The zero-order valence-electron chi connectivity index (χ0n) is 26.8. The van der Waals surface area contributed by atoms with E-state index < -0.39 is 115 Å². The Hall–Kier alpha value is -1.86. The summed E-state index contributed by atoms with van der Waals surface area (Å²) in [6, 6.07) is -4.91. The van der Waals surface area contributed by atoms with E-state index in [0.29, 0.717) is 19.4 Å². The van der Waals surface area contributed by atoms with Gasteiger partial charge in [-0.25, -0.2) is 4.99 Å². The molecule has 278 valence electrons. The second-order valence-corrected chi connectivity index (χ2v) is 13.5. The molecule has 2 saturated carbocycles. The van der Waals surface area contributed by atoms with Crippen LogP contribution in [0, 0.1) is 5.92 Å². The second kappa shape index (κ2) is 16.4. The molecule has 2 aliphatic heterocycles. The predicted molar refractivity (Wildman–Crippen MR) is 168 cm³/mol. The fourth-order valence-electron chi connectivity index (χ4n) is 6.90. The molecule has 17 atom stereocenters. The minimum Gasteiger partial charge on any atom is -0.394 e. The molecular weight excluding hydrogens is 638 g/mol.